The lowest BCUT2D eigenvalue weighted by molar-refractivity contribution is -0.125. The number of nitrogens with zero attached hydrogens (tertiary/aromatic N) is 1. The number of rotatable bonds is 6. The van der Waals surface area contributed by atoms with Crippen LogP contribution in [0.4, 0.5) is 0 Å². The zero-order valence-electron chi connectivity index (χ0n) is 8.78. The van der Waals surface area contributed by atoms with Crippen molar-refractivity contribution in [2.24, 2.45) is 4.99 Å². The number of hydrogen-bond acceptors (Lipinski definition) is 3. The molecule has 5 nitrogen and oxygen atoms in total. The molecule has 2 N–H and O–H groups in total. The van der Waals surface area contributed by atoms with E-state index in [9.17, 15) is 4.79 Å². The minimum absolute atomic E-state index is 0.0320. The average molecular weight is 199 g/mol. The highest BCUT2D eigenvalue weighted by atomic mass is 16.5. The van der Waals surface area contributed by atoms with Crippen molar-refractivity contribution in [1.29, 1.82) is 0 Å². The van der Waals surface area contributed by atoms with E-state index in [0.717, 1.165) is 0 Å². The van der Waals surface area contributed by atoms with Gasteiger partial charge in [0.05, 0.1) is 6.34 Å². The van der Waals surface area contributed by atoms with Gasteiger partial charge in [-0.05, 0) is 19.2 Å². The minimum atomic E-state index is -0.131. The molecule has 0 aliphatic heterocycles. The van der Waals surface area contributed by atoms with Crippen LogP contribution in [0.1, 0.15) is 6.92 Å². The van der Waals surface area contributed by atoms with E-state index < -0.39 is 0 Å². The summed E-state index contributed by atoms with van der Waals surface area (Å²) < 4.78 is 4.67. The number of nitrogens with one attached hydrogen (secondary N) is 2. The number of aliphatic imine (C=N–C) groups is 1. The van der Waals surface area contributed by atoms with Gasteiger partial charge in [0.2, 0.25) is 5.91 Å². The van der Waals surface area contributed by atoms with E-state index in [1.165, 1.54) is 7.11 Å². The number of ether oxygens (including phenoxy) is 1. The number of carbonyl (C=O) groups excluding carboxylic acids is 1. The highest BCUT2D eigenvalue weighted by Crippen LogP contribution is 1.83. The first-order valence-electron chi connectivity index (χ1n) is 4.32. The molecule has 0 aromatic carbocycles. The molecule has 0 aliphatic rings. The maximum atomic E-state index is 11.0. The van der Waals surface area contributed by atoms with Crippen molar-refractivity contribution >= 4 is 12.2 Å². The van der Waals surface area contributed by atoms with E-state index in [4.69, 9.17) is 0 Å². The molecule has 14 heavy (non-hydrogen) atoms. The molecule has 0 heterocycles. The summed E-state index contributed by atoms with van der Waals surface area (Å²) in [5.41, 5.74) is 0. The summed E-state index contributed by atoms with van der Waals surface area (Å²) in [6.45, 7) is 1.96. The monoisotopic (exact) mass is 199 g/mol. The zero-order chi connectivity index (χ0) is 10.8. The topological polar surface area (TPSA) is 62.7 Å². The van der Waals surface area contributed by atoms with Crippen LogP contribution in [0.2, 0.25) is 0 Å². The quantitative estimate of drug-likeness (QED) is 0.464. The normalized spacial score (nSPS) is 13.4. The first kappa shape index (κ1) is 12.6. The van der Waals surface area contributed by atoms with Crippen LogP contribution in [0, 0.1) is 0 Å². The Labute approximate surface area is 84.2 Å². The molecule has 0 aromatic rings. The van der Waals surface area contributed by atoms with Gasteiger partial charge in [0.15, 0.2) is 0 Å². The third-order valence-electron chi connectivity index (χ3n) is 1.35. The summed E-state index contributed by atoms with van der Waals surface area (Å²) >= 11 is 0. The van der Waals surface area contributed by atoms with E-state index >= 15 is 0 Å². The molecule has 0 saturated carbocycles. The lowest BCUT2D eigenvalue weighted by Gasteiger charge is -2.08. The van der Waals surface area contributed by atoms with Crippen LogP contribution in [0.3, 0.4) is 0 Å². The zero-order valence-corrected chi connectivity index (χ0v) is 8.78. The largest absolute Gasteiger partial charge is 0.375 e. The predicted octanol–water partition coefficient (Wildman–Crippen LogP) is -0.101. The van der Waals surface area contributed by atoms with Gasteiger partial charge >= 0.3 is 0 Å². The Kier molecular flexibility index (Phi) is 7.45. The highest BCUT2D eigenvalue weighted by molar-refractivity contribution is 5.77. The van der Waals surface area contributed by atoms with Gasteiger partial charge < -0.3 is 15.4 Å². The third-order valence-corrected chi connectivity index (χ3v) is 1.35. The molecule has 0 aliphatic carbocycles. The van der Waals surface area contributed by atoms with Gasteiger partial charge in [0.1, 0.15) is 6.61 Å². The Hall–Kier alpha value is -1.36. The summed E-state index contributed by atoms with van der Waals surface area (Å²) in [6.07, 6.45) is 5.08. The second-order valence-electron chi connectivity index (χ2n) is 2.70. The van der Waals surface area contributed by atoms with Gasteiger partial charge in [0, 0.05) is 20.2 Å². The Bertz CT molecular complexity index is 214. The fraction of sp³-hybridized carbons (Fsp3) is 0.556. The summed E-state index contributed by atoms with van der Waals surface area (Å²) in [6, 6.07) is -0.0320. The Balaban J connectivity index is 3.68. The molecule has 80 valence electrons. The highest BCUT2D eigenvalue weighted by Gasteiger charge is 2.02. The third kappa shape index (κ3) is 7.30. The second-order valence-corrected chi connectivity index (χ2v) is 2.70. The van der Waals surface area contributed by atoms with Gasteiger partial charge in [-0.2, -0.15) is 0 Å². The van der Waals surface area contributed by atoms with Crippen molar-refractivity contribution in [2.75, 3.05) is 20.8 Å². The number of amides is 1. The van der Waals surface area contributed by atoms with Crippen molar-refractivity contribution in [3.05, 3.63) is 12.3 Å². The summed E-state index contributed by atoms with van der Waals surface area (Å²) in [4.78, 5) is 14.8. The lowest BCUT2D eigenvalue weighted by Crippen LogP contribution is -2.33. The van der Waals surface area contributed by atoms with Crippen molar-refractivity contribution in [3.8, 4) is 0 Å². The van der Waals surface area contributed by atoms with Crippen LogP contribution in [-0.2, 0) is 9.53 Å². The molecular weight excluding hydrogens is 182 g/mol. The summed E-state index contributed by atoms with van der Waals surface area (Å²) in [7, 11) is 3.16. The second kappa shape index (κ2) is 8.25. The van der Waals surface area contributed by atoms with Crippen LogP contribution >= 0.6 is 0 Å². The molecule has 0 fully saturated rings. The Morgan fingerprint density at radius 2 is 2.36 bits per heavy atom. The van der Waals surface area contributed by atoms with Gasteiger partial charge in [-0.3, -0.25) is 9.79 Å². The molecule has 1 unspecified atom stereocenters. The molecule has 0 saturated heterocycles. The van der Waals surface area contributed by atoms with Gasteiger partial charge in [0.25, 0.3) is 0 Å². The van der Waals surface area contributed by atoms with E-state index in [0.29, 0.717) is 0 Å². The summed E-state index contributed by atoms with van der Waals surface area (Å²) in [5.74, 6) is -0.131. The van der Waals surface area contributed by atoms with Gasteiger partial charge in [-0.25, -0.2) is 0 Å². The maximum Gasteiger partial charge on any atom is 0.246 e. The maximum absolute atomic E-state index is 11.0. The van der Waals surface area contributed by atoms with Crippen LogP contribution in [0.15, 0.2) is 17.3 Å². The van der Waals surface area contributed by atoms with E-state index in [2.05, 4.69) is 20.4 Å². The molecule has 1 amide bonds. The average Bonchev–Trinajstić information content (AvgIpc) is 2.13. The van der Waals surface area contributed by atoms with Crippen molar-refractivity contribution in [1.82, 2.24) is 10.6 Å². The fourth-order valence-electron chi connectivity index (χ4n) is 0.792. The predicted molar refractivity (Wildman–Crippen MR) is 56.2 cm³/mol. The van der Waals surface area contributed by atoms with Crippen molar-refractivity contribution in [3.63, 3.8) is 0 Å². The first-order chi connectivity index (χ1) is 6.70. The number of carbonyl (C=O) groups is 1. The van der Waals surface area contributed by atoms with E-state index in [1.807, 2.05) is 13.0 Å². The number of methoxy groups -OCH3 is 1. The molecule has 5 heteroatoms. The molecule has 0 spiro atoms. The smallest absolute Gasteiger partial charge is 0.246 e. The SMILES string of the molecule is CN=CN/C=C/C(C)NC(=O)COC. The molecular formula is C9H17N3O2. The van der Waals surface area contributed by atoms with Crippen LogP contribution in [0.5, 0.6) is 0 Å². The Morgan fingerprint density at radius 1 is 1.64 bits per heavy atom. The van der Waals surface area contributed by atoms with Crippen molar-refractivity contribution < 1.29 is 9.53 Å². The van der Waals surface area contributed by atoms with E-state index in [-0.39, 0.29) is 18.6 Å². The van der Waals surface area contributed by atoms with Crippen LogP contribution < -0.4 is 10.6 Å². The molecule has 0 aromatic heterocycles. The fourth-order valence-corrected chi connectivity index (χ4v) is 0.792. The molecule has 0 rings (SSSR count). The minimum Gasteiger partial charge on any atom is -0.375 e. The molecule has 0 radical (unpaired) electrons. The molecule has 1 atom stereocenters. The van der Waals surface area contributed by atoms with Crippen molar-refractivity contribution in [2.45, 2.75) is 13.0 Å². The first-order valence-corrected chi connectivity index (χ1v) is 4.32. The standard InChI is InChI=1S/C9H17N3O2/c1-8(4-5-11-7-10-2)12-9(13)6-14-3/h4-5,7-8H,6H2,1-3H3,(H,10,11)(H,12,13)/b5-4+. The summed E-state index contributed by atoms with van der Waals surface area (Å²) in [5, 5.41) is 5.54. The molecule has 0 bridgehead atoms. The van der Waals surface area contributed by atoms with Gasteiger partial charge in [-0.1, -0.05) is 0 Å². The van der Waals surface area contributed by atoms with Crippen LogP contribution in [-0.4, -0.2) is 39.1 Å². The lowest BCUT2D eigenvalue weighted by atomic mass is 10.3. The van der Waals surface area contributed by atoms with Gasteiger partial charge in [-0.15, -0.1) is 0 Å². The Morgan fingerprint density at radius 3 is 2.93 bits per heavy atom. The van der Waals surface area contributed by atoms with E-state index in [1.54, 1.807) is 19.6 Å². The number of hydrogen-bond donors (Lipinski definition) is 2. The van der Waals surface area contributed by atoms with Crippen LogP contribution in [0.25, 0.3) is 0 Å².